The summed E-state index contributed by atoms with van der Waals surface area (Å²) >= 11 is 0. The van der Waals surface area contributed by atoms with Crippen molar-refractivity contribution in [3.63, 3.8) is 0 Å². The Morgan fingerprint density at radius 3 is 2.81 bits per heavy atom. The van der Waals surface area contributed by atoms with Crippen LogP contribution < -0.4 is 0 Å². The van der Waals surface area contributed by atoms with E-state index in [2.05, 4.69) is 10.1 Å². The molecule has 0 bridgehead atoms. The molecule has 1 fully saturated rings. The number of furan rings is 1. The van der Waals surface area contributed by atoms with Crippen LogP contribution in [0.15, 0.2) is 51.6 Å². The Balaban J connectivity index is 1.60. The first-order valence-electron chi connectivity index (χ1n) is 8.29. The Morgan fingerprint density at radius 2 is 2.07 bits per heavy atom. The number of halogens is 3. The van der Waals surface area contributed by atoms with Gasteiger partial charge in [-0.1, -0.05) is 17.3 Å². The number of alkyl halides is 3. The summed E-state index contributed by atoms with van der Waals surface area (Å²) in [5, 5.41) is 3.80. The number of rotatable bonds is 3. The highest BCUT2D eigenvalue weighted by Gasteiger charge is 2.36. The third kappa shape index (κ3) is 3.32. The predicted molar refractivity (Wildman–Crippen MR) is 86.5 cm³/mol. The van der Waals surface area contributed by atoms with Crippen molar-refractivity contribution in [1.82, 2.24) is 15.0 Å². The van der Waals surface area contributed by atoms with Crippen LogP contribution >= 0.6 is 0 Å². The molecule has 1 aromatic carbocycles. The SMILES string of the molecule is O=C(c1ccco1)N1CCC[C@H]1c1nc(-c2cccc(C(F)(F)F)c2)no1. The van der Waals surface area contributed by atoms with E-state index in [1.807, 2.05) is 0 Å². The number of hydrogen-bond acceptors (Lipinski definition) is 5. The number of aromatic nitrogens is 2. The molecule has 6 nitrogen and oxygen atoms in total. The van der Waals surface area contributed by atoms with E-state index in [-0.39, 0.29) is 28.9 Å². The summed E-state index contributed by atoms with van der Waals surface area (Å²) in [6.45, 7) is 0.505. The summed E-state index contributed by atoms with van der Waals surface area (Å²) < 4.78 is 49.1. The predicted octanol–water partition coefficient (Wildman–Crippen LogP) is 4.33. The molecule has 2 aromatic heterocycles. The van der Waals surface area contributed by atoms with Gasteiger partial charge in [-0.05, 0) is 37.1 Å². The van der Waals surface area contributed by atoms with Crippen molar-refractivity contribution in [3.8, 4) is 11.4 Å². The molecule has 3 heterocycles. The van der Waals surface area contributed by atoms with E-state index < -0.39 is 17.8 Å². The molecule has 0 radical (unpaired) electrons. The third-order valence-corrected chi connectivity index (χ3v) is 4.42. The quantitative estimate of drug-likeness (QED) is 0.680. The zero-order chi connectivity index (χ0) is 19.0. The monoisotopic (exact) mass is 377 g/mol. The normalized spacial score (nSPS) is 17.4. The molecule has 1 aliphatic rings. The number of likely N-dealkylation sites (tertiary alicyclic amines) is 1. The fraction of sp³-hybridized carbons (Fsp3) is 0.278. The average molecular weight is 377 g/mol. The van der Waals surface area contributed by atoms with Crippen molar-refractivity contribution < 1.29 is 26.9 Å². The summed E-state index contributed by atoms with van der Waals surface area (Å²) in [6.07, 6.45) is -1.67. The van der Waals surface area contributed by atoms with Crippen LogP contribution in [0.2, 0.25) is 0 Å². The van der Waals surface area contributed by atoms with E-state index >= 15 is 0 Å². The van der Waals surface area contributed by atoms with Gasteiger partial charge in [-0.15, -0.1) is 0 Å². The van der Waals surface area contributed by atoms with Crippen LogP contribution in [0.3, 0.4) is 0 Å². The van der Waals surface area contributed by atoms with Gasteiger partial charge in [0.05, 0.1) is 11.8 Å². The summed E-state index contributed by atoms with van der Waals surface area (Å²) in [4.78, 5) is 18.3. The molecular weight excluding hydrogens is 363 g/mol. The van der Waals surface area contributed by atoms with Crippen LogP contribution in [0, 0.1) is 0 Å². The first kappa shape index (κ1) is 17.3. The van der Waals surface area contributed by atoms with Crippen molar-refractivity contribution in [3.05, 3.63) is 59.9 Å². The minimum atomic E-state index is -4.46. The zero-order valence-electron chi connectivity index (χ0n) is 13.9. The molecule has 4 rings (SSSR count). The maximum Gasteiger partial charge on any atom is 0.416 e. The van der Waals surface area contributed by atoms with Gasteiger partial charge < -0.3 is 13.8 Å². The van der Waals surface area contributed by atoms with Crippen molar-refractivity contribution in [2.75, 3.05) is 6.54 Å². The van der Waals surface area contributed by atoms with Crippen LogP contribution in [0.5, 0.6) is 0 Å². The molecule has 0 unspecified atom stereocenters. The Labute approximate surface area is 151 Å². The molecule has 0 saturated carbocycles. The summed E-state index contributed by atoms with van der Waals surface area (Å²) in [5.41, 5.74) is -0.594. The second-order valence-electron chi connectivity index (χ2n) is 6.17. The lowest BCUT2D eigenvalue weighted by molar-refractivity contribution is -0.137. The van der Waals surface area contributed by atoms with E-state index in [9.17, 15) is 18.0 Å². The van der Waals surface area contributed by atoms with Crippen LogP contribution in [-0.4, -0.2) is 27.5 Å². The van der Waals surface area contributed by atoms with Gasteiger partial charge in [0, 0.05) is 12.1 Å². The molecule has 27 heavy (non-hydrogen) atoms. The molecule has 1 amide bonds. The fourth-order valence-corrected chi connectivity index (χ4v) is 3.13. The lowest BCUT2D eigenvalue weighted by Gasteiger charge is -2.20. The largest absolute Gasteiger partial charge is 0.459 e. The van der Waals surface area contributed by atoms with Gasteiger partial charge in [-0.3, -0.25) is 4.79 Å². The lowest BCUT2D eigenvalue weighted by atomic mass is 10.1. The van der Waals surface area contributed by atoms with Crippen LogP contribution in [0.1, 0.15) is 40.9 Å². The topological polar surface area (TPSA) is 72.4 Å². The highest BCUT2D eigenvalue weighted by molar-refractivity contribution is 5.91. The standard InChI is InChI=1S/C18H14F3N3O3/c19-18(20,21)12-5-1-4-11(10-12)15-22-16(27-23-15)13-6-2-8-24(13)17(25)14-7-3-9-26-14/h1,3-5,7,9-10,13H,2,6,8H2/t13-/m0/s1. The molecular formula is C18H14F3N3O3. The lowest BCUT2D eigenvalue weighted by Crippen LogP contribution is -2.30. The fourth-order valence-electron chi connectivity index (χ4n) is 3.13. The zero-order valence-corrected chi connectivity index (χ0v) is 13.9. The molecule has 1 aliphatic heterocycles. The van der Waals surface area contributed by atoms with E-state index in [0.717, 1.165) is 18.6 Å². The summed E-state index contributed by atoms with van der Waals surface area (Å²) in [7, 11) is 0. The first-order valence-corrected chi connectivity index (χ1v) is 8.29. The average Bonchev–Trinajstić information content (AvgIpc) is 3.41. The smallest absolute Gasteiger partial charge is 0.416 e. The Bertz CT molecular complexity index is 950. The van der Waals surface area contributed by atoms with Gasteiger partial charge in [0.2, 0.25) is 11.7 Å². The van der Waals surface area contributed by atoms with E-state index in [0.29, 0.717) is 13.0 Å². The van der Waals surface area contributed by atoms with Crippen molar-refractivity contribution >= 4 is 5.91 Å². The van der Waals surface area contributed by atoms with E-state index in [1.54, 1.807) is 17.0 Å². The third-order valence-electron chi connectivity index (χ3n) is 4.42. The van der Waals surface area contributed by atoms with Crippen LogP contribution in [-0.2, 0) is 6.18 Å². The minimum absolute atomic E-state index is 0.0494. The summed E-state index contributed by atoms with van der Waals surface area (Å²) in [6, 6.07) is 7.46. The summed E-state index contributed by atoms with van der Waals surface area (Å²) in [5.74, 6) is 0.161. The van der Waals surface area contributed by atoms with Crippen LogP contribution in [0.25, 0.3) is 11.4 Å². The Morgan fingerprint density at radius 1 is 1.22 bits per heavy atom. The number of carbonyl (C=O) groups excluding carboxylic acids is 1. The molecule has 0 N–H and O–H groups in total. The number of benzene rings is 1. The maximum atomic E-state index is 12.9. The molecule has 0 spiro atoms. The number of nitrogens with zero attached hydrogens (tertiary/aromatic N) is 3. The van der Waals surface area contributed by atoms with E-state index in [4.69, 9.17) is 8.94 Å². The molecule has 140 valence electrons. The van der Waals surface area contributed by atoms with Gasteiger partial charge >= 0.3 is 6.18 Å². The highest BCUT2D eigenvalue weighted by atomic mass is 19.4. The Hall–Kier alpha value is -3.10. The van der Waals surface area contributed by atoms with Gasteiger partial charge in [-0.25, -0.2) is 0 Å². The second-order valence-corrected chi connectivity index (χ2v) is 6.17. The highest BCUT2D eigenvalue weighted by Crippen LogP contribution is 2.35. The first-order chi connectivity index (χ1) is 12.9. The van der Waals surface area contributed by atoms with Gasteiger partial charge in [0.25, 0.3) is 5.91 Å². The van der Waals surface area contributed by atoms with Crippen molar-refractivity contribution in [2.45, 2.75) is 25.1 Å². The second kappa shape index (κ2) is 6.57. The van der Waals surface area contributed by atoms with Gasteiger partial charge in [0.1, 0.15) is 6.04 Å². The molecule has 9 heteroatoms. The van der Waals surface area contributed by atoms with Gasteiger partial charge in [0.15, 0.2) is 5.76 Å². The number of amides is 1. The molecule has 0 aliphatic carbocycles. The Kier molecular flexibility index (Phi) is 4.21. The van der Waals surface area contributed by atoms with Gasteiger partial charge in [-0.2, -0.15) is 18.2 Å². The molecule has 1 saturated heterocycles. The van der Waals surface area contributed by atoms with Crippen molar-refractivity contribution in [2.24, 2.45) is 0 Å². The number of hydrogen-bond donors (Lipinski definition) is 0. The minimum Gasteiger partial charge on any atom is -0.459 e. The number of carbonyl (C=O) groups is 1. The maximum absolute atomic E-state index is 12.9. The molecule has 1 atom stereocenters. The molecule has 3 aromatic rings. The van der Waals surface area contributed by atoms with Crippen molar-refractivity contribution in [1.29, 1.82) is 0 Å². The van der Waals surface area contributed by atoms with E-state index in [1.165, 1.54) is 18.4 Å². The van der Waals surface area contributed by atoms with Crippen LogP contribution in [0.4, 0.5) is 13.2 Å².